The Kier molecular flexibility index (Phi) is 4.74. The van der Waals surface area contributed by atoms with Crippen molar-refractivity contribution in [2.45, 2.75) is 11.4 Å². The summed E-state index contributed by atoms with van der Waals surface area (Å²) in [6, 6.07) is 10.5. The first-order valence-electron chi connectivity index (χ1n) is 5.89. The molecule has 1 heterocycles. The predicted octanol–water partition coefficient (Wildman–Crippen LogP) is 2.36. The van der Waals surface area contributed by atoms with E-state index in [-0.39, 0.29) is 4.90 Å². The molecule has 106 valence electrons. The summed E-state index contributed by atoms with van der Waals surface area (Å²) in [6.07, 6.45) is 1.72. The number of halogens is 1. The fraction of sp³-hybridized carbons (Fsp3) is 0.154. The molecule has 0 bridgehead atoms. The topological polar surface area (TPSA) is 71.1 Å². The molecule has 0 saturated heterocycles. The zero-order chi connectivity index (χ0) is 14.6. The minimum Gasteiger partial charge on any atom is -0.379 e. The number of pyridine rings is 1. The first kappa shape index (κ1) is 15.0. The summed E-state index contributed by atoms with van der Waals surface area (Å²) in [4.78, 5) is 4.47. The fourth-order valence-corrected chi connectivity index (χ4v) is 2.60. The van der Waals surface area contributed by atoms with Crippen LogP contribution >= 0.6 is 15.9 Å². The number of benzene rings is 1. The molecule has 1 aromatic heterocycles. The number of nitrogens with one attached hydrogen (secondary N) is 2. The van der Waals surface area contributed by atoms with E-state index in [1.54, 1.807) is 24.4 Å². The van der Waals surface area contributed by atoms with Gasteiger partial charge in [-0.05, 0) is 53.3 Å². The zero-order valence-corrected chi connectivity index (χ0v) is 13.2. The standard InChI is InChI=1S/C13H14BrN3O2S/c1-15-20(18,19)13-4-2-3-11(7-13)17-9-12-6-5-10(14)8-16-12/h2-8,15,17H,9H2,1H3. The third-order valence-electron chi connectivity index (χ3n) is 2.68. The van der Waals surface area contributed by atoms with Crippen molar-refractivity contribution in [3.05, 3.63) is 52.8 Å². The molecule has 0 radical (unpaired) electrons. The van der Waals surface area contributed by atoms with Crippen LogP contribution in [0.25, 0.3) is 0 Å². The van der Waals surface area contributed by atoms with E-state index in [0.717, 1.165) is 15.9 Å². The van der Waals surface area contributed by atoms with E-state index in [1.807, 2.05) is 18.2 Å². The largest absolute Gasteiger partial charge is 0.379 e. The quantitative estimate of drug-likeness (QED) is 0.863. The van der Waals surface area contributed by atoms with E-state index in [2.05, 4.69) is 31.0 Å². The van der Waals surface area contributed by atoms with Crippen LogP contribution in [0.2, 0.25) is 0 Å². The third kappa shape index (κ3) is 3.78. The van der Waals surface area contributed by atoms with Gasteiger partial charge in [0, 0.05) is 16.4 Å². The van der Waals surface area contributed by atoms with Crippen LogP contribution in [0.3, 0.4) is 0 Å². The SMILES string of the molecule is CNS(=O)(=O)c1cccc(NCc2ccc(Br)cn2)c1. The fourth-order valence-electron chi connectivity index (χ4n) is 1.59. The van der Waals surface area contributed by atoms with Gasteiger partial charge in [0.15, 0.2) is 0 Å². The second-order valence-corrected chi connectivity index (χ2v) is 6.86. The van der Waals surface area contributed by atoms with Crippen molar-refractivity contribution < 1.29 is 8.42 Å². The zero-order valence-electron chi connectivity index (χ0n) is 10.8. The minimum absolute atomic E-state index is 0.230. The van der Waals surface area contributed by atoms with E-state index in [0.29, 0.717) is 6.54 Å². The van der Waals surface area contributed by atoms with Crippen molar-refractivity contribution in [2.24, 2.45) is 0 Å². The van der Waals surface area contributed by atoms with Crippen LogP contribution in [-0.2, 0) is 16.6 Å². The molecule has 0 aliphatic heterocycles. The summed E-state index contributed by atoms with van der Waals surface area (Å²) >= 11 is 3.32. The van der Waals surface area contributed by atoms with Crippen LogP contribution in [0.5, 0.6) is 0 Å². The van der Waals surface area contributed by atoms with Gasteiger partial charge in [-0.15, -0.1) is 0 Å². The van der Waals surface area contributed by atoms with E-state index in [9.17, 15) is 8.42 Å². The maximum atomic E-state index is 11.7. The number of hydrogen-bond acceptors (Lipinski definition) is 4. The Hall–Kier alpha value is -1.44. The van der Waals surface area contributed by atoms with Gasteiger partial charge in [0.2, 0.25) is 10.0 Å². The Morgan fingerprint density at radius 2 is 2.05 bits per heavy atom. The lowest BCUT2D eigenvalue weighted by atomic mass is 10.3. The average Bonchev–Trinajstić information content (AvgIpc) is 2.47. The highest BCUT2D eigenvalue weighted by Crippen LogP contribution is 2.16. The van der Waals surface area contributed by atoms with Crippen LogP contribution in [-0.4, -0.2) is 20.4 Å². The van der Waals surface area contributed by atoms with E-state index in [4.69, 9.17) is 0 Å². The maximum absolute atomic E-state index is 11.7. The molecule has 2 N–H and O–H groups in total. The summed E-state index contributed by atoms with van der Waals surface area (Å²) in [5.74, 6) is 0. The van der Waals surface area contributed by atoms with Crippen LogP contribution in [0.1, 0.15) is 5.69 Å². The summed E-state index contributed by atoms with van der Waals surface area (Å²) in [5.41, 5.74) is 1.60. The van der Waals surface area contributed by atoms with Crippen LogP contribution in [0, 0.1) is 0 Å². The van der Waals surface area contributed by atoms with Gasteiger partial charge in [-0.3, -0.25) is 4.98 Å². The second-order valence-electron chi connectivity index (χ2n) is 4.06. The summed E-state index contributed by atoms with van der Waals surface area (Å²) in [6.45, 7) is 0.524. The molecule has 0 aliphatic rings. The molecule has 0 amide bonds. The molecule has 0 spiro atoms. The molecular formula is C13H14BrN3O2S. The van der Waals surface area contributed by atoms with Gasteiger partial charge in [0.1, 0.15) is 0 Å². The Bertz CT molecular complexity index is 687. The first-order chi connectivity index (χ1) is 9.51. The predicted molar refractivity (Wildman–Crippen MR) is 82.0 cm³/mol. The maximum Gasteiger partial charge on any atom is 0.240 e. The van der Waals surface area contributed by atoms with Gasteiger partial charge >= 0.3 is 0 Å². The monoisotopic (exact) mass is 355 g/mol. The average molecular weight is 356 g/mol. The molecule has 0 aliphatic carbocycles. The molecule has 1 aromatic carbocycles. The first-order valence-corrected chi connectivity index (χ1v) is 8.17. The van der Waals surface area contributed by atoms with Crippen molar-refractivity contribution in [1.29, 1.82) is 0 Å². The number of nitrogens with zero attached hydrogens (tertiary/aromatic N) is 1. The van der Waals surface area contributed by atoms with Crippen molar-refractivity contribution in [2.75, 3.05) is 12.4 Å². The summed E-state index contributed by atoms with van der Waals surface area (Å²) in [5, 5.41) is 3.15. The summed E-state index contributed by atoms with van der Waals surface area (Å²) < 4.78 is 26.6. The Morgan fingerprint density at radius 3 is 2.70 bits per heavy atom. The normalized spacial score (nSPS) is 11.3. The van der Waals surface area contributed by atoms with Crippen LogP contribution in [0.15, 0.2) is 52.0 Å². The van der Waals surface area contributed by atoms with E-state index >= 15 is 0 Å². The van der Waals surface area contributed by atoms with E-state index in [1.165, 1.54) is 7.05 Å². The molecular weight excluding hydrogens is 342 g/mol. The van der Waals surface area contributed by atoms with E-state index < -0.39 is 10.0 Å². The minimum atomic E-state index is -3.42. The number of rotatable bonds is 5. The number of anilines is 1. The van der Waals surface area contributed by atoms with Crippen LogP contribution in [0.4, 0.5) is 5.69 Å². The highest BCUT2D eigenvalue weighted by molar-refractivity contribution is 9.10. The van der Waals surface area contributed by atoms with Crippen molar-refractivity contribution in [3.8, 4) is 0 Å². The third-order valence-corrected chi connectivity index (χ3v) is 4.56. The van der Waals surface area contributed by atoms with Gasteiger partial charge in [0.05, 0.1) is 17.1 Å². The van der Waals surface area contributed by atoms with Gasteiger partial charge in [-0.1, -0.05) is 6.07 Å². The molecule has 5 nitrogen and oxygen atoms in total. The molecule has 2 aromatic rings. The molecule has 0 atom stereocenters. The highest BCUT2D eigenvalue weighted by Gasteiger charge is 2.11. The summed E-state index contributed by atoms with van der Waals surface area (Å²) in [7, 11) is -2.03. The lowest BCUT2D eigenvalue weighted by Gasteiger charge is -2.08. The number of aromatic nitrogens is 1. The smallest absolute Gasteiger partial charge is 0.240 e. The lowest BCUT2D eigenvalue weighted by molar-refractivity contribution is 0.588. The Labute approximate surface area is 126 Å². The van der Waals surface area contributed by atoms with Gasteiger partial charge in [-0.25, -0.2) is 13.1 Å². The van der Waals surface area contributed by atoms with Gasteiger partial charge in [-0.2, -0.15) is 0 Å². The molecule has 0 saturated carbocycles. The molecule has 20 heavy (non-hydrogen) atoms. The second kappa shape index (κ2) is 6.34. The Balaban J connectivity index is 2.11. The molecule has 0 unspecified atom stereocenters. The Morgan fingerprint density at radius 1 is 1.25 bits per heavy atom. The molecule has 0 fully saturated rings. The molecule has 7 heteroatoms. The van der Waals surface area contributed by atoms with Gasteiger partial charge < -0.3 is 5.32 Å². The molecule has 2 rings (SSSR count). The van der Waals surface area contributed by atoms with Gasteiger partial charge in [0.25, 0.3) is 0 Å². The van der Waals surface area contributed by atoms with Crippen molar-refractivity contribution in [1.82, 2.24) is 9.71 Å². The lowest BCUT2D eigenvalue weighted by Crippen LogP contribution is -2.18. The number of sulfonamides is 1. The highest BCUT2D eigenvalue weighted by atomic mass is 79.9. The van der Waals surface area contributed by atoms with Crippen molar-refractivity contribution in [3.63, 3.8) is 0 Å². The van der Waals surface area contributed by atoms with Crippen molar-refractivity contribution >= 4 is 31.6 Å². The van der Waals surface area contributed by atoms with Crippen LogP contribution < -0.4 is 10.0 Å². The number of hydrogen-bond donors (Lipinski definition) is 2.